The molecule has 0 bridgehead atoms. The van der Waals surface area contributed by atoms with Crippen LogP contribution in [0.1, 0.15) is 18.4 Å². The molecule has 2 rings (SSSR count). The molecule has 0 N–H and O–H groups in total. The molecule has 4 nitrogen and oxygen atoms in total. The van der Waals surface area contributed by atoms with Crippen LogP contribution in [0.3, 0.4) is 0 Å². The molecular formula is C14H22N2O2S. The number of hydrogen-bond donors (Lipinski definition) is 0. The third-order valence-corrected chi connectivity index (χ3v) is 4.63. The molecule has 0 aliphatic carbocycles. The lowest BCUT2D eigenvalue weighted by Gasteiger charge is -2.25. The molecule has 0 spiro atoms. The van der Waals surface area contributed by atoms with Gasteiger partial charge in [-0.25, -0.2) is 15.0 Å². The van der Waals surface area contributed by atoms with Crippen molar-refractivity contribution in [2.75, 3.05) is 42.8 Å². The molecule has 5 heteroatoms. The van der Waals surface area contributed by atoms with Gasteiger partial charge in [0.2, 0.25) is 5.91 Å². The summed E-state index contributed by atoms with van der Waals surface area (Å²) in [4.78, 5) is 18.1. The van der Waals surface area contributed by atoms with Crippen LogP contribution >= 0.6 is 10.0 Å². The topological polar surface area (TPSA) is 42.4 Å². The molecular weight excluding hydrogens is 260 g/mol. The van der Waals surface area contributed by atoms with E-state index in [0.29, 0.717) is 13.3 Å². The lowest BCUT2D eigenvalue weighted by atomic mass is 10.1. The summed E-state index contributed by atoms with van der Waals surface area (Å²) in [5.41, 5.74) is 0.998. The second kappa shape index (κ2) is 5.51. The molecule has 1 aromatic heterocycles. The second-order valence-corrected chi connectivity index (χ2v) is 10.3. The molecule has 1 atom stereocenters. The van der Waals surface area contributed by atoms with Gasteiger partial charge in [-0.3, -0.25) is 9.69 Å². The van der Waals surface area contributed by atoms with Crippen molar-refractivity contribution in [3.63, 3.8) is 0 Å². The summed E-state index contributed by atoms with van der Waals surface area (Å²) in [5.74, 6) is 1.78. The van der Waals surface area contributed by atoms with Crippen LogP contribution in [-0.2, 0) is 9.53 Å². The highest BCUT2D eigenvalue weighted by Crippen LogP contribution is 2.35. The third-order valence-electron chi connectivity index (χ3n) is 3.24. The van der Waals surface area contributed by atoms with E-state index in [-0.39, 0.29) is 11.8 Å². The highest BCUT2D eigenvalue weighted by molar-refractivity contribution is 8.32. The van der Waals surface area contributed by atoms with Crippen LogP contribution in [-0.4, -0.2) is 48.7 Å². The van der Waals surface area contributed by atoms with Crippen molar-refractivity contribution in [1.29, 1.82) is 0 Å². The van der Waals surface area contributed by atoms with Crippen molar-refractivity contribution in [2.45, 2.75) is 12.8 Å². The van der Waals surface area contributed by atoms with Gasteiger partial charge in [0.1, 0.15) is 12.5 Å². The first-order valence-electron chi connectivity index (χ1n) is 6.40. The quantitative estimate of drug-likeness (QED) is 0.778. The number of rotatable bonds is 5. The Bertz CT molecular complexity index is 471. The number of hydrogen-bond acceptors (Lipinski definition) is 3. The van der Waals surface area contributed by atoms with Gasteiger partial charge in [-0.2, -0.15) is 0 Å². The smallest absolute Gasteiger partial charge is 0.237 e. The second-order valence-electron chi connectivity index (χ2n) is 5.74. The van der Waals surface area contributed by atoms with Crippen molar-refractivity contribution in [3.05, 3.63) is 23.9 Å². The minimum absolute atomic E-state index is 0.0804. The van der Waals surface area contributed by atoms with Crippen molar-refractivity contribution >= 4 is 21.8 Å². The number of pyridine rings is 1. The Morgan fingerprint density at radius 3 is 2.84 bits per heavy atom. The molecule has 2 heterocycles. The van der Waals surface area contributed by atoms with E-state index in [1.54, 1.807) is 11.1 Å². The zero-order chi connectivity index (χ0) is 14.0. The molecule has 1 aliphatic rings. The van der Waals surface area contributed by atoms with E-state index in [1.165, 1.54) is 0 Å². The number of carbonyl (C=O) groups is 1. The average molecular weight is 282 g/mol. The molecule has 1 aromatic rings. The van der Waals surface area contributed by atoms with Crippen molar-refractivity contribution in [1.82, 2.24) is 4.98 Å². The van der Waals surface area contributed by atoms with Gasteiger partial charge < -0.3 is 4.74 Å². The molecule has 0 radical (unpaired) electrons. The van der Waals surface area contributed by atoms with Gasteiger partial charge in [-0.05, 0) is 31.8 Å². The van der Waals surface area contributed by atoms with E-state index in [1.807, 2.05) is 19.1 Å². The van der Waals surface area contributed by atoms with Crippen molar-refractivity contribution in [2.24, 2.45) is 0 Å². The first-order chi connectivity index (χ1) is 8.90. The minimum atomic E-state index is -0.549. The lowest BCUT2D eigenvalue weighted by Crippen LogP contribution is -2.31. The van der Waals surface area contributed by atoms with E-state index >= 15 is 0 Å². The number of fused-ring (bicyclic) bond motifs is 1. The van der Waals surface area contributed by atoms with Gasteiger partial charge in [0.15, 0.2) is 0 Å². The molecule has 0 aromatic carbocycles. The van der Waals surface area contributed by atoms with Crippen molar-refractivity contribution < 1.29 is 9.53 Å². The van der Waals surface area contributed by atoms with Crippen LogP contribution in [0, 0.1) is 0 Å². The van der Waals surface area contributed by atoms with E-state index in [9.17, 15) is 4.79 Å². The Morgan fingerprint density at radius 1 is 1.42 bits per heavy atom. The van der Waals surface area contributed by atoms with E-state index < -0.39 is 10.0 Å². The fourth-order valence-electron chi connectivity index (χ4n) is 2.03. The summed E-state index contributed by atoms with van der Waals surface area (Å²) < 4.78 is 5.66. The molecule has 1 amide bonds. The number of ether oxygens (including phenoxy) is 1. The van der Waals surface area contributed by atoms with Crippen LogP contribution in [0.5, 0.6) is 0 Å². The summed E-state index contributed by atoms with van der Waals surface area (Å²) in [6.45, 7) is 2.92. The van der Waals surface area contributed by atoms with Gasteiger partial charge in [-0.15, -0.1) is 0 Å². The van der Waals surface area contributed by atoms with Gasteiger partial charge in [0.25, 0.3) is 0 Å². The summed E-state index contributed by atoms with van der Waals surface area (Å²) >= 11 is 0. The summed E-state index contributed by atoms with van der Waals surface area (Å²) in [6, 6.07) is 3.83. The Morgan fingerprint density at radius 2 is 2.16 bits per heavy atom. The molecule has 0 fully saturated rings. The summed E-state index contributed by atoms with van der Waals surface area (Å²) in [7, 11) is -0.549. The maximum atomic E-state index is 12.2. The normalized spacial score (nSPS) is 19.7. The Kier molecular flexibility index (Phi) is 4.16. The van der Waals surface area contributed by atoms with Gasteiger partial charge in [-0.1, -0.05) is 6.07 Å². The van der Waals surface area contributed by atoms with Gasteiger partial charge in [0, 0.05) is 17.5 Å². The molecule has 106 valence electrons. The standard InChI is InChI=1S/C14H22N2O2S/c1-11-12-6-5-7-15-13(12)16(14(11)17)10-18-8-9-19(2,3)4/h5-7,11H,8-10H2,1-4H3. The summed E-state index contributed by atoms with van der Waals surface area (Å²) in [5, 5.41) is 0. The predicted molar refractivity (Wildman–Crippen MR) is 81.2 cm³/mol. The minimum Gasteiger partial charge on any atom is -0.360 e. The molecule has 0 saturated heterocycles. The largest absolute Gasteiger partial charge is 0.360 e. The highest BCUT2D eigenvalue weighted by atomic mass is 32.3. The predicted octanol–water partition coefficient (Wildman–Crippen LogP) is 2.20. The Hall–Kier alpha value is -1.07. The van der Waals surface area contributed by atoms with Crippen LogP contribution in [0.4, 0.5) is 5.82 Å². The number of nitrogens with zero attached hydrogens (tertiary/aromatic N) is 2. The highest BCUT2D eigenvalue weighted by Gasteiger charge is 2.35. The zero-order valence-corrected chi connectivity index (χ0v) is 12.9. The van der Waals surface area contributed by atoms with Crippen LogP contribution < -0.4 is 4.90 Å². The molecule has 1 unspecified atom stereocenters. The third kappa shape index (κ3) is 3.28. The number of anilines is 1. The Labute approximate surface area is 116 Å². The fourth-order valence-corrected chi connectivity index (χ4v) is 2.65. The van der Waals surface area contributed by atoms with E-state index in [0.717, 1.165) is 17.1 Å². The molecule has 19 heavy (non-hydrogen) atoms. The maximum Gasteiger partial charge on any atom is 0.237 e. The van der Waals surface area contributed by atoms with Crippen LogP contribution in [0.2, 0.25) is 0 Å². The molecule has 0 saturated carbocycles. The fraction of sp³-hybridized carbons (Fsp3) is 0.571. The zero-order valence-electron chi connectivity index (χ0n) is 12.0. The first kappa shape index (κ1) is 14.3. The van der Waals surface area contributed by atoms with Crippen molar-refractivity contribution in [3.8, 4) is 0 Å². The Balaban J connectivity index is 1.96. The van der Waals surface area contributed by atoms with Gasteiger partial charge >= 0.3 is 0 Å². The lowest BCUT2D eigenvalue weighted by molar-refractivity contribution is -0.120. The van der Waals surface area contributed by atoms with E-state index in [2.05, 4.69) is 23.8 Å². The average Bonchev–Trinajstić information content (AvgIpc) is 2.58. The van der Waals surface area contributed by atoms with E-state index in [4.69, 9.17) is 4.74 Å². The monoisotopic (exact) mass is 282 g/mol. The maximum absolute atomic E-state index is 12.2. The summed E-state index contributed by atoms with van der Waals surface area (Å²) in [6.07, 6.45) is 8.50. The number of carbonyl (C=O) groups excluding carboxylic acids is 1. The number of amides is 1. The number of aromatic nitrogens is 1. The SMILES string of the molecule is CC1C(=O)N(COCCS(C)(C)C)c2ncccc21. The van der Waals surface area contributed by atoms with Crippen LogP contribution in [0.15, 0.2) is 18.3 Å². The van der Waals surface area contributed by atoms with Gasteiger partial charge in [0.05, 0.1) is 12.5 Å². The van der Waals surface area contributed by atoms with Crippen LogP contribution in [0.25, 0.3) is 0 Å². The first-order valence-corrected chi connectivity index (χ1v) is 9.43. The molecule has 1 aliphatic heterocycles.